The monoisotopic (exact) mass is 239 g/mol. The van der Waals surface area contributed by atoms with E-state index in [2.05, 4.69) is 5.32 Å². The second-order valence-corrected chi connectivity index (χ2v) is 3.66. The standard InChI is InChI=1S/C13H21NO3/c1-4-16-11-6-5-7-12(8-11)17-13(9-14-2)10-15-3/h5-8,13-14H,4,9-10H2,1-3H3. The van der Waals surface area contributed by atoms with Gasteiger partial charge in [-0.25, -0.2) is 0 Å². The Morgan fingerprint density at radius 3 is 2.71 bits per heavy atom. The van der Waals surface area contributed by atoms with Crippen LogP contribution in [0.4, 0.5) is 0 Å². The van der Waals surface area contributed by atoms with Gasteiger partial charge in [-0.3, -0.25) is 0 Å². The lowest BCUT2D eigenvalue weighted by Gasteiger charge is -2.18. The molecule has 1 aromatic carbocycles. The maximum Gasteiger partial charge on any atom is 0.134 e. The number of benzene rings is 1. The highest BCUT2D eigenvalue weighted by molar-refractivity contribution is 5.33. The van der Waals surface area contributed by atoms with Gasteiger partial charge in [0.05, 0.1) is 13.2 Å². The molecule has 0 heterocycles. The molecule has 0 aliphatic rings. The summed E-state index contributed by atoms with van der Waals surface area (Å²) in [6, 6.07) is 7.64. The molecule has 0 saturated carbocycles. The lowest BCUT2D eigenvalue weighted by molar-refractivity contribution is 0.0816. The number of rotatable bonds is 8. The van der Waals surface area contributed by atoms with Gasteiger partial charge in [-0.15, -0.1) is 0 Å². The predicted octanol–water partition coefficient (Wildman–Crippen LogP) is 1.70. The Bertz CT molecular complexity index is 311. The molecule has 0 amide bonds. The van der Waals surface area contributed by atoms with Crippen molar-refractivity contribution in [2.24, 2.45) is 0 Å². The van der Waals surface area contributed by atoms with Crippen molar-refractivity contribution in [1.29, 1.82) is 0 Å². The average molecular weight is 239 g/mol. The van der Waals surface area contributed by atoms with E-state index in [0.717, 1.165) is 18.0 Å². The highest BCUT2D eigenvalue weighted by Gasteiger charge is 2.09. The quantitative estimate of drug-likeness (QED) is 0.749. The van der Waals surface area contributed by atoms with E-state index in [1.54, 1.807) is 7.11 Å². The fourth-order valence-electron chi connectivity index (χ4n) is 1.54. The third-order valence-corrected chi connectivity index (χ3v) is 2.20. The van der Waals surface area contributed by atoms with Crippen LogP contribution < -0.4 is 14.8 Å². The Morgan fingerprint density at radius 2 is 2.06 bits per heavy atom. The minimum absolute atomic E-state index is 0.00174. The molecule has 0 aliphatic heterocycles. The lowest BCUT2D eigenvalue weighted by Crippen LogP contribution is -2.33. The molecule has 1 rings (SSSR count). The normalized spacial score (nSPS) is 12.2. The Kier molecular flexibility index (Phi) is 6.43. The second kappa shape index (κ2) is 7.92. The number of likely N-dealkylation sites (N-methyl/N-ethyl adjacent to an activating group) is 1. The van der Waals surface area contributed by atoms with E-state index in [0.29, 0.717) is 13.2 Å². The number of ether oxygens (including phenoxy) is 3. The van der Waals surface area contributed by atoms with Crippen LogP contribution in [-0.4, -0.2) is 40.0 Å². The highest BCUT2D eigenvalue weighted by Crippen LogP contribution is 2.20. The largest absolute Gasteiger partial charge is 0.494 e. The maximum atomic E-state index is 5.81. The zero-order valence-electron chi connectivity index (χ0n) is 10.7. The molecular weight excluding hydrogens is 218 g/mol. The lowest BCUT2D eigenvalue weighted by atomic mass is 10.3. The molecule has 4 nitrogen and oxygen atoms in total. The SMILES string of the molecule is CCOc1cccc(OC(CNC)COC)c1. The first-order valence-electron chi connectivity index (χ1n) is 5.83. The van der Waals surface area contributed by atoms with Crippen LogP contribution >= 0.6 is 0 Å². The first kappa shape index (κ1) is 13.8. The van der Waals surface area contributed by atoms with Gasteiger partial charge >= 0.3 is 0 Å². The van der Waals surface area contributed by atoms with Crippen molar-refractivity contribution < 1.29 is 14.2 Å². The number of hydrogen-bond donors (Lipinski definition) is 1. The van der Waals surface area contributed by atoms with Crippen LogP contribution in [-0.2, 0) is 4.74 Å². The van der Waals surface area contributed by atoms with Crippen LogP contribution in [0.3, 0.4) is 0 Å². The Hall–Kier alpha value is -1.26. The molecule has 4 heteroatoms. The topological polar surface area (TPSA) is 39.7 Å². The van der Waals surface area contributed by atoms with Gasteiger partial charge in [0.15, 0.2) is 0 Å². The molecule has 1 unspecified atom stereocenters. The van der Waals surface area contributed by atoms with Crippen LogP contribution in [0.25, 0.3) is 0 Å². The highest BCUT2D eigenvalue weighted by atomic mass is 16.5. The van der Waals surface area contributed by atoms with E-state index in [-0.39, 0.29) is 6.10 Å². The van der Waals surface area contributed by atoms with Crippen molar-refractivity contribution in [1.82, 2.24) is 5.32 Å². The van der Waals surface area contributed by atoms with Crippen molar-refractivity contribution in [2.45, 2.75) is 13.0 Å². The fourth-order valence-corrected chi connectivity index (χ4v) is 1.54. The van der Waals surface area contributed by atoms with E-state index in [1.807, 2.05) is 38.2 Å². The third kappa shape index (κ3) is 5.06. The molecule has 0 bridgehead atoms. The molecule has 17 heavy (non-hydrogen) atoms. The Labute approximate surface area is 103 Å². The van der Waals surface area contributed by atoms with Crippen molar-refractivity contribution in [3.63, 3.8) is 0 Å². The van der Waals surface area contributed by atoms with Crippen LogP contribution in [0.1, 0.15) is 6.92 Å². The van der Waals surface area contributed by atoms with E-state index in [9.17, 15) is 0 Å². The van der Waals surface area contributed by atoms with Gasteiger partial charge in [0.25, 0.3) is 0 Å². The summed E-state index contributed by atoms with van der Waals surface area (Å²) in [4.78, 5) is 0. The summed E-state index contributed by atoms with van der Waals surface area (Å²) >= 11 is 0. The number of nitrogens with one attached hydrogen (secondary N) is 1. The zero-order chi connectivity index (χ0) is 12.5. The molecule has 1 aromatic rings. The summed E-state index contributed by atoms with van der Waals surface area (Å²) in [7, 11) is 3.56. The van der Waals surface area contributed by atoms with Crippen LogP contribution in [0.15, 0.2) is 24.3 Å². The molecule has 0 radical (unpaired) electrons. The molecule has 0 aliphatic carbocycles. The van der Waals surface area contributed by atoms with Crippen molar-refractivity contribution in [3.8, 4) is 11.5 Å². The first-order valence-corrected chi connectivity index (χ1v) is 5.83. The molecule has 0 spiro atoms. The van der Waals surface area contributed by atoms with Crippen molar-refractivity contribution >= 4 is 0 Å². The van der Waals surface area contributed by atoms with Gasteiger partial charge in [0.1, 0.15) is 17.6 Å². The summed E-state index contributed by atoms with van der Waals surface area (Å²) in [5.41, 5.74) is 0. The smallest absolute Gasteiger partial charge is 0.134 e. The summed E-state index contributed by atoms with van der Waals surface area (Å²) in [6.07, 6.45) is 0.00174. The summed E-state index contributed by atoms with van der Waals surface area (Å²) < 4.78 is 16.3. The van der Waals surface area contributed by atoms with Gasteiger partial charge in [0.2, 0.25) is 0 Å². The van der Waals surface area contributed by atoms with Gasteiger partial charge < -0.3 is 19.5 Å². The molecule has 1 atom stereocenters. The average Bonchev–Trinajstić information content (AvgIpc) is 2.30. The van der Waals surface area contributed by atoms with Crippen LogP contribution in [0.2, 0.25) is 0 Å². The number of methoxy groups -OCH3 is 1. The molecule has 0 fully saturated rings. The minimum Gasteiger partial charge on any atom is -0.494 e. The summed E-state index contributed by atoms with van der Waals surface area (Å²) in [6.45, 7) is 3.91. The summed E-state index contributed by atoms with van der Waals surface area (Å²) in [5, 5.41) is 3.08. The van der Waals surface area contributed by atoms with Crippen molar-refractivity contribution in [3.05, 3.63) is 24.3 Å². The second-order valence-electron chi connectivity index (χ2n) is 3.66. The van der Waals surface area contributed by atoms with Gasteiger partial charge in [-0.2, -0.15) is 0 Å². The van der Waals surface area contributed by atoms with E-state index < -0.39 is 0 Å². The van der Waals surface area contributed by atoms with E-state index in [4.69, 9.17) is 14.2 Å². The van der Waals surface area contributed by atoms with Crippen molar-refractivity contribution in [2.75, 3.05) is 33.9 Å². The van der Waals surface area contributed by atoms with Gasteiger partial charge in [-0.05, 0) is 26.1 Å². The minimum atomic E-state index is 0.00174. The predicted molar refractivity (Wildman–Crippen MR) is 67.8 cm³/mol. The van der Waals surface area contributed by atoms with E-state index in [1.165, 1.54) is 0 Å². The van der Waals surface area contributed by atoms with Gasteiger partial charge in [0, 0.05) is 19.7 Å². The van der Waals surface area contributed by atoms with E-state index >= 15 is 0 Å². The van der Waals surface area contributed by atoms with Crippen LogP contribution in [0, 0.1) is 0 Å². The zero-order valence-corrected chi connectivity index (χ0v) is 10.7. The maximum absolute atomic E-state index is 5.81. The molecule has 96 valence electrons. The molecule has 1 N–H and O–H groups in total. The number of hydrogen-bond acceptors (Lipinski definition) is 4. The Morgan fingerprint density at radius 1 is 1.29 bits per heavy atom. The third-order valence-electron chi connectivity index (χ3n) is 2.20. The summed E-state index contributed by atoms with van der Waals surface area (Å²) in [5.74, 6) is 1.62. The fraction of sp³-hybridized carbons (Fsp3) is 0.538. The van der Waals surface area contributed by atoms with Crippen LogP contribution in [0.5, 0.6) is 11.5 Å². The molecular formula is C13H21NO3. The molecule has 0 saturated heterocycles. The molecule has 0 aromatic heterocycles. The Balaban J connectivity index is 2.60. The first-order chi connectivity index (χ1) is 8.30. The van der Waals surface area contributed by atoms with Gasteiger partial charge in [-0.1, -0.05) is 6.07 Å².